The third-order valence-electron chi connectivity index (χ3n) is 3.70. The van der Waals surface area contributed by atoms with Gasteiger partial charge in [-0.25, -0.2) is 0 Å². The minimum Gasteiger partial charge on any atom is -0.493 e. The van der Waals surface area contributed by atoms with E-state index in [4.69, 9.17) is 14.6 Å². The smallest absolute Gasteiger partial charge is 0.245 e. The zero-order chi connectivity index (χ0) is 15.1. The molecule has 1 aromatic rings. The van der Waals surface area contributed by atoms with Crippen LogP contribution in [0.25, 0.3) is 0 Å². The van der Waals surface area contributed by atoms with Crippen LogP contribution in [0.1, 0.15) is 31.2 Å². The highest BCUT2D eigenvalue weighted by Crippen LogP contribution is 2.32. The fourth-order valence-corrected chi connectivity index (χ4v) is 2.56. The first-order valence-electron chi connectivity index (χ1n) is 7.44. The lowest BCUT2D eigenvalue weighted by molar-refractivity contribution is -0.123. The SMILES string of the molecule is COc1ccc(CCNC(=O)CO)cc1OC1CCCC1. The summed E-state index contributed by atoms with van der Waals surface area (Å²) in [5.41, 5.74) is 1.07. The molecule has 0 radical (unpaired) electrons. The first-order chi connectivity index (χ1) is 10.2. The van der Waals surface area contributed by atoms with Gasteiger partial charge in [0.05, 0.1) is 13.2 Å². The van der Waals surface area contributed by atoms with Crippen molar-refractivity contribution in [2.75, 3.05) is 20.3 Å². The molecule has 0 unspecified atom stereocenters. The van der Waals surface area contributed by atoms with Gasteiger partial charge in [0.25, 0.3) is 0 Å². The van der Waals surface area contributed by atoms with Crippen LogP contribution in [0.4, 0.5) is 0 Å². The Bertz CT molecular complexity index is 469. The van der Waals surface area contributed by atoms with Gasteiger partial charge in [0, 0.05) is 6.54 Å². The maximum Gasteiger partial charge on any atom is 0.245 e. The van der Waals surface area contributed by atoms with Gasteiger partial charge >= 0.3 is 0 Å². The number of aliphatic hydroxyl groups excluding tert-OH is 1. The molecular weight excluding hydrogens is 270 g/mol. The predicted octanol–water partition coefficient (Wildman–Crippen LogP) is 1.67. The van der Waals surface area contributed by atoms with E-state index >= 15 is 0 Å². The van der Waals surface area contributed by atoms with E-state index in [1.807, 2.05) is 18.2 Å². The maximum atomic E-state index is 11.0. The minimum atomic E-state index is -0.474. The molecule has 116 valence electrons. The molecule has 1 saturated carbocycles. The first-order valence-corrected chi connectivity index (χ1v) is 7.44. The molecule has 5 heteroatoms. The summed E-state index contributed by atoms with van der Waals surface area (Å²) in [6.07, 6.45) is 5.61. The summed E-state index contributed by atoms with van der Waals surface area (Å²) in [6, 6.07) is 5.83. The molecule has 1 fully saturated rings. The average Bonchev–Trinajstić information content (AvgIpc) is 3.00. The van der Waals surface area contributed by atoms with E-state index in [0.29, 0.717) is 13.0 Å². The summed E-state index contributed by atoms with van der Waals surface area (Å²) >= 11 is 0. The fraction of sp³-hybridized carbons (Fsp3) is 0.562. The molecule has 1 aromatic carbocycles. The van der Waals surface area contributed by atoms with Crippen LogP contribution in [0.15, 0.2) is 18.2 Å². The highest BCUT2D eigenvalue weighted by molar-refractivity contribution is 5.76. The van der Waals surface area contributed by atoms with Crippen LogP contribution in [0, 0.1) is 0 Å². The van der Waals surface area contributed by atoms with Crippen LogP contribution < -0.4 is 14.8 Å². The standard InChI is InChI=1S/C16H23NO4/c1-20-14-7-6-12(8-9-17-16(19)11-18)10-15(14)21-13-4-2-3-5-13/h6-7,10,13,18H,2-5,8-9,11H2,1H3,(H,17,19). The number of carbonyl (C=O) groups is 1. The number of methoxy groups -OCH3 is 1. The van der Waals surface area contributed by atoms with E-state index in [2.05, 4.69) is 5.32 Å². The van der Waals surface area contributed by atoms with Crippen LogP contribution in [-0.2, 0) is 11.2 Å². The van der Waals surface area contributed by atoms with Crippen molar-refractivity contribution in [2.45, 2.75) is 38.2 Å². The zero-order valence-corrected chi connectivity index (χ0v) is 12.4. The largest absolute Gasteiger partial charge is 0.493 e. The third kappa shape index (κ3) is 4.63. The Labute approximate surface area is 125 Å². The second-order valence-corrected chi connectivity index (χ2v) is 5.27. The maximum absolute atomic E-state index is 11.0. The quantitative estimate of drug-likeness (QED) is 0.802. The van der Waals surface area contributed by atoms with Crippen molar-refractivity contribution in [1.29, 1.82) is 0 Å². The number of rotatable bonds is 7. The Balaban J connectivity index is 1.97. The number of carbonyl (C=O) groups excluding carboxylic acids is 1. The lowest BCUT2D eigenvalue weighted by atomic mass is 10.1. The van der Waals surface area contributed by atoms with Crippen LogP contribution in [0.5, 0.6) is 11.5 Å². The van der Waals surface area contributed by atoms with Gasteiger partial charge in [0.15, 0.2) is 11.5 Å². The van der Waals surface area contributed by atoms with Crippen molar-refractivity contribution < 1.29 is 19.4 Å². The third-order valence-corrected chi connectivity index (χ3v) is 3.70. The van der Waals surface area contributed by atoms with E-state index in [9.17, 15) is 4.79 Å². The van der Waals surface area contributed by atoms with Crippen LogP contribution in [0.3, 0.4) is 0 Å². The number of nitrogens with one attached hydrogen (secondary N) is 1. The second kappa shape index (κ2) is 7.88. The molecule has 0 aliphatic heterocycles. The molecule has 0 atom stereocenters. The van der Waals surface area contributed by atoms with Gasteiger partial charge in [0.1, 0.15) is 6.61 Å². The van der Waals surface area contributed by atoms with Crippen molar-refractivity contribution in [3.8, 4) is 11.5 Å². The number of hydrogen-bond donors (Lipinski definition) is 2. The summed E-state index contributed by atoms with van der Waals surface area (Å²) in [6.45, 7) is 0.0211. The average molecular weight is 293 g/mol. The summed E-state index contributed by atoms with van der Waals surface area (Å²) in [5.74, 6) is 1.16. The van der Waals surface area contributed by atoms with E-state index in [1.54, 1.807) is 7.11 Å². The number of hydrogen-bond acceptors (Lipinski definition) is 4. The van der Waals surface area contributed by atoms with Gasteiger partial charge < -0.3 is 19.9 Å². The van der Waals surface area contributed by atoms with Crippen molar-refractivity contribution in [1.82, 2.24) is 5.32 Å². The first kappa shape index (κ1) is 15.6. The van der Waals surface area contributed by atoms with E-state index in [1.165, 1.54) is 12.8 Å². The van der Waals surface area contributed by atoms with Crippen molar-refractivity contribution in [3.63, 3.8) is 0 Å². The highest BCUT2D eigenvalue weighted by atomic mass is 16.5. The second-order valence-electron chi connectivity index (χ2n) is 5.27. The molecule has 0 spiro atoms. The van der Waals surface area contributed by atoms with Gasteiger partial charge in [-0.2, -0.15) is 0 Å². The lowest BCUT2D eigenvalue weighted by Crippen LogP contribution is -2.28. The van der Waals surface area contributed by atoms with Crippen molar-refractivity contribution in [3.05, 3.63) is 23.8 Å². The van der Waals surface area contributed by atoms with E-state index < -0.39 is 6.61 Å². The van der Waals surface area contributed by atoms with Gasteiger partial charge in [-0.05, 0) is 49.8 Å². The Kier molecular flexibility index (Phi) is 5.87. The molecule has 2 rings (SSSR count). The number of amides is 1. The topological polar surface area (TPSA) is 67.8 Å². The normalized spacial score (nSPS) is 15.0. The molecule has 5 nitrogen and oxygen atoms in total. The Morgan fingerprint density at radius 3 is 2.76 bits per heavy atom. The molecular formula is C16H23NO4. The Morgan fingerprint density at radius 2 is 2.10 bits per heavy atom. The van der Waals surface area contributed by atoms with Gasteiger partial charge in [-0.1, -0.05) is 6.07 Å². The van der Waals surface area contributed by atoms with Gasteiger partial charge in [-0.3, -0.25) is 4.79 Å². The zero-order valence-electron chi connectivity index (χ0n) is 12.4. The van der Waals surface area contributed by atoms with E-state index in [0.717, 1.165) is 29.9 Å². The Hall–Kier alpha value is -1.75. The van der Waals surface area contributed by atoms with Crippen LogP contribution in [-0.4, -0.2) is 37.4 Å². The molecule has 1 aliphatic rings. The molecule has 0 saturated heterocycles. The molecule has 0 bridgehead atoms. The minimum absolute atomic E-state index is 0.281. The summed E-state index contributed by atoms with van der Waals surface area (Å²) in [7, 11) is 1.64. The van der Waals surface area contributed by atoms with Gasteiger partial charge in [0.2, 0.25) is 5.91 Å². The lowest BCUT2D eigenvalue weighted by Gasteiger charge is -2.17. The fourth-order valence-electron chi connectivity index (χ4n) is 2.56. The Morgan fingerprint density at radius 1 is 1.33 bits per heavy atom. The highest BCUT2D eigenvalue weighted by Gasteiger charge is 2.18. The van der Waals surface area contributed by atoms with E-state index in [-0.39, 0.29) is 12.0 Å². The summed E-state index contributed by atoms with van der Waals surface area (Å²) in [5, 5.41) is 11.3. The summed E-state index contributed by atoms with van der Waals surface area (Å²) < 4.78 is 11.4. The molecule has 0 heterocycles. The molecule has 21 heavy (non-hydrogen) atoms. The van der Waals surface area contributed by atoms with Crippen LogP contribution in [0.2, 0.25) is 0 Å². The number of ether oxygens (including phenoxy) is 2. The van der Waals surface area contributed by atoms with Crippen molar-refractivity contribution >= 4 is 5.91 Å². The molecule has 1 amide bonds. The molecule has 2 N–H and O–H groups in total. The van der Waals surface area contributed by atoms with Crippen molar-refractivity contribution in [2.24, 2.45) is 0 Å². The summed E-state index contributed by atoms with van der Waals surface area (Å²) in [4.78, 5) is 11.0. The number of aliphatic hydroxyl groups is 1. The predicted molar refractivity (Wildman–Crippen MR) is 79.7 cm³/mol. The molecule has 1 aliphatic carbocycles. The number of benzene rings is 1. The monoisotopic (exact) mass is 293 g/mol. The van der Waals surface area contributed by atoms with Gasteiger partial charge in [-0.15, -0.1) is 0 Å². The molecule has 0 aromatic heterocycles. The van der Waals surface area contributed by atoms with Crippen LogP contribution >= 0.6 is 0 Å².